The van der Waals surface area contributed by atoms with Crippen LogP contribution in [-0.2, 0) is 25.5 Å². The Morgan fingerprint density at radius 1 is 1.12 bits per heavy atom. The van der Waals surface area contributed by atoms with Crippen LogP contribution in [0.25, 0.3) is 0 Å². The molecule has 34 heavy (non-hydrogen) atoms. The van der Waals surface area contributed by atoms with Crippen LogP contribution in [0.4, 0.5) is 0 Å². The summed E-state index contributed by atoms with van der Waals surface area (Å²) in [5.74, 6) is -0.716. The number of methoxy groups -OCH3 is 1. The second-order valence-electron chi connectivity index (χ2n) is 8.76. The molecule has 2 rings (SSSR count). The van der Waals surface area contributed by atoms with Crippen LogP contribution in [0.3, 0.4) is 0 Å². The molecule has 0 aliphatic carbocycles. The van der Waals surface area contributed by atoms with E-state index < -0.39 is 5.92 Å². The highest BCUT2D eigenvalue weighted by atomic mass is 16.5. The Labute approximate surface area is 202 Å². The molecule has 2 amide bonds. The highest BCUT2D eigenvalue weighted by molar-refractivity contribution is 5.86. The molecule has 1 aromatic rings. The van der Waals surface area contributed by atoms with Crippen molar-refractivity contribution in [2.24, 2.45) is 22.4 Å². The number of carbonyl (C=O) groups is 3. The van der Waals surface area contributed by atoms with Crippen molar-refractivity contribution in [2.45, 2.75) is 63.8 Å². The molecule has 0 bridgehead atoms. The van der Waals surface area contributed by atoms with Crippen molar-refractivity contribution in [3.05, 3.63) is 35.9 Å². The van der Waals surface area contributed by atoms with Gasteiger partial charge in [-0.3, -0.25) is 19.4 Å². The number of esters is 1. The van der Waals surface area contributed by atoms with Crippen molar-refractivity contribution in [1.29, 1.82) is 0 Å². The van der Waals surface area contributed by atoms with E-state index in [0.29, 0.717) is 32.5 Å². The van der Waals surface area contributed by atoms with Gasteiger partial charge in [-0.05, 0) is 37.7 Å². The van der Waals surface area contributed by atoms with E-state index in [1.54, 1.807) is 0 Å². The molecule has 5 N–H and O–H groups in total. The van der Waals surface area contributed by atoms with E-state index in [0.717, 1.165) is 38.5 Å². The van der Waals surface area contributed by atoms with Crippen LogP contribution in [0.15, 0.2) is 35.3 Å². The summed E-state index contributed by atoms with van der Waals surface area (Å²) < 4.78 is 4.76. The van der Waals surface area contributed by atoms with E-state index in [2.05, 4.69) is 22.4 Å². The molecule has 1 saturated heterocycles. The smallest absolute Gasteiger partial charge is 0.306 e. The number of rotatable bonds is 15. The predicted molar refractivity (Wildman–Crippen MR) is 132 cm³/mol. The maximum absolute atomic E-state index is 13.0. The van der Waals surface area contributed by atoms with E-state index in [-0.39, 0.29) is 36.2 Å². The van der Waals surface area contributed by atoms with Crippen molar-refractivity contribution in [3.63, 3.8) is 0 Å². The van der Waals surface area contributed by atoms with E-state index in [4.69, 9.17) is 16.2 Å². The number of nitrogens with two attached hydrogens (primary N) is 2. The molecule has 1 aliphatic heterocycles. The summed E-state index contributed by atoms with van der Waals surface area (Å²) in [7, 11) is 1.33. The van der Waals surface area contributed by atoms with Crippen LogP contribution >= 0.6 is 0 Å². The maximum atomic E-state index is 13.0. The first-order valence-corrected chi connectivity index (χ1v) is 12.1. The van der Waals surface area contributed by atoms with Crippen molar-refractivity contribution in [1.82, 2.24) is 10.2 Å². The summed E-state index contributed by atoms with van der Waals surface area (Å²) in [6, 6.07) is 10.0. The second-order valence-corrected chi connectivity index (χ2v) is 8.76. The molecule has 9 heteroatoms. The van der Waals surface area contributed by atoms with Gasteiger partial charge in [0.2, 0.25) is 11.8 Å². The Bertz CT molecular complexity index is 811. The fourth-order valence-electron chi connectivity index (χ4n) is 4.29. The normalized spacial score (nSPS) is 17.4. The van der Waals surface area contributed by atoms with Crippen molar-refractivity contribution in [3.8, 4) is 0 Å². The van der Waals surface area contributed by atoms with Crippen molar-refractivity contribution < 1.29 is 19.1 Å². The van der Waals surface area contributed by atoms with Crippen molar-refractivity contribution >= 4 is 23.7 Å². The van der Waals surface area contributed by atoms with Gasteiger partial charge in [-0.2, -0.15) is 0 Å². The summed E-state index contributed by atoms with van der Waals surface area (Å²) >= 11 is 0. The van der Waals surface area contributed by atoms with Crippen LogP contribution < -0.4 is 16.8 Å². The van der Waals surface area contributed by atoms with Crippen LogP contribution in [0, 0.1) is 5.92 Å². The van der Waals surface area contributed by atoms with E-state index in [1.807, 2.05) is 23.1 Å². The molecule has 1 aliphatic rings. The highest BCUT2D eigenvalue weighted by Crippen LogP contribution is 2.28. The largest absolute Gasteiger partial charge is 0.469 e. The minimum absolute atomic E-state index is 0.0164. The number of carbonyl (C=O) groups excluding carboxylic acids is 3. The Morgan fingerprint density at radius 2 is 1.85 bits per heavy atom. The number of benzene rings is 1. The van der Waals surface area contributed by atoms with E-state index in [1.165, 1.54) is 12.7 Å². The van der Waals surface area contributed by atoms with Gasteiger partial charge >= 0.3 is 5.97 Å². The molecule has 0 saturated carbocycles. The number of hydrogen-bond donors (Lipinski definition) is 3. The first-order chi connectivity index (χ1) is 16.4. The molecular formula is C25H39N5O4. The SMILES string of the molecule is COC(=O)C[C@@H]1C[C@@H](CNC(=O)CCCCCCN=C(N)N)N(CCCc2ccccc2)C1=O. The molecule has 188 valence electrons. The minimum Gasteiger partial charge on any atom is -0.469 e. The molecule has 0 unspecified atom stereocenters. The standard InChI is InChI=1S/C25H39N5O4/c1-34-23(32)17-20-16-21(18-29-22(31)13-7-2-3-8-14-28-25(26)27)30(24(20)33)15-9-12-19-10-5-4-6-11-19/h4-6,10-11,20-21H,2-3,7-9,12-18H2,1H3,(H,29,31)(H4,26,27,28)/t20-,21-/m0/s1. The molecule has 1 heterocycles. The van der Waals surface area contributed by atoms with Crippen LogP contribution in [0.5, 0.6) is 0 Å². The van der Waals surface area contributed by atoms with Crippen molar-refractivity contribution in [2.75, 3.05) is 26.7 Å². The Morgan fingerprint density at radius 3 is 2.56 bits per heavy atom. The van der Waals surface area contributed by atoms with Gasteiger partial charge < -0.3 is 26.4 Å². The Hall–Kier alpha value is -3.10. The number of hydrogen-bond acceptors (Lipinski definition) is 5. The minimum atomic E-state index is -0.392. The fraction of sp³-hybridized carbons (Fsp3) is 0.600. The number of unbranched alkanes of at least 4 members (excludes halogenated alkanes) is 3. The third kappa shape index (κ3) is 9.80. The number of aliphatic imine (C=N–C) groups is 1. The first-order valence-electron chi connectivity index (χ1n) is 12.1. The molecule has 2 atom stereocenters. The summed E-state index contributed by atoms with van der Waals surface area (Å²) in [5, 5.41) is 2.98. The summed E-state index contributed by atoms with van der Waals surface area (Å²) in [5.41, 5.74) is 11.8. The molecule has 0 radical (unpaired) electrons. The number of amides is 2. The average molecular weight is 474 g/mol. The third-order valence-corrected chi connectivity index (χ3v) is 6.12. The van der Waals surface area contributed by atoms with Crippen LogP contribution in [0.1, 0.15) is 56.9 Å². The average Bonchev–Trinajstić information content (AvgIpc) is 3.11. The van der Waals surface area contributed by atoms with Gasteiger partial charge in [0.1, 0.15) is 0 Å². The number of guanidine groups is 1. The Balaban J connectivity index is 1.79. The molecular weight excluding hydrogens is 434 g/mol. The van der Waals surface area contributed by atoms with Gasteiger partial charge in [0.15, 0.2) is 5.96 Å². The summed E-state index contributed by atoms with van der Waals surface area (Å²) in [6.45, 7) is 1.61. The molecule has 9 nitrogen and oxygen atoms in total. The topological polar surface area (TPSA) is 140 Å². The van der Waals surface area contributed by atoms with Gasteiger partial charge in [0.25, 0.3) is 0 Å². The fourth-order valence-corrected chi connectivity index (χ4v) is 4.29. The molecule has 0 aromatic heterocycles. The zero-order valence-corrected chi connectivity index (χ0v) is 20.2. The lowest BCUT2D eigenvalue weighted by Crippen LogP contribution is -2.42. The van der Waals surface area contributed by atoms with Gasteiger partial charge in [0, 0.05) is 32.1 Å². The molecule has 1 aromatic carbocycles. The van der Waals surface area contributed by atoms with E-state index >= 15 is 0 Å². The highest BCUT2D eigenvalue weighted by Gasteiger charge is 2.40. The van der Waals surface area contributed by atoms with Gasteiger partial charge in [-0.1, -0.05) is 43.2 Å². The Kier molecular flexibility index (Phi) is 11.9. The monoisotopic (exact) mass is 473 g/mol. The van der Waals surface area contributed by atoms with Gasteiger partial charge in [-0.25, -0.2) is 0 Å². The second kappa shape index (κ2) is 14.9. The lowest BCUT2D eigenvalue weighted by atomic mass is 10.0. The first kappa shape index (κ1) is 27.1. The van der Waals surface area contributed by atoms with E-state index in [9.17, 15) is 14.4 Å². The lowest BCUT2D eigenvalue weighted by molar-refractivity contribution is -0.144. The van der Waals surface area contributed by atoms with Crippen LogP contribution in [-0.4, -0.2) is 61.4 Å². The quantitative estimate of drug-likeness (QED) is 0.153. The zero-order valence-electron chi connectivity index (χ0n) is 20.2. The van der Waals surface area contributed by atoms with Gasteiger partial charge in [-0.15, -0.1) is 0 Å². The summed E-state index contributed by atoms with van der Waals surface area (Å²) in [6.07, 6.45) is 6.35. The number of ether oxygens (including phenoxy) is 1. The van der Waals surface area contributed by atoms with Crippen LogP contribution in [0.2, 0.25) is 0 Å². The molecule has 1 fully saturated rings. The lowest BCUT2D eigenvalue weighted by Gasteiger charge is -2.25. The third-order valence-electron chi connectivity index (χ3n) is 6.12. The summed E-state index contributed by atoms with van der Waals surface area (Å²) in [4.78, 5) is 42.8. The number of nitrogens with one attached hydrogen (secondary N) is 1. The number of likely N-dealkylation sites (tertiary alicyclic amines) is 1. The number of aryl methyl sites for hydroxylation is 1. The molecule has 0 spiro atoms. The number of nitrogens with zero attached hydrogens (tertiary/aromatic N) is 2. The maximum Gasteiger partial charge on any atom is 0.306 e. The predicted octanol–water partition coefficient (Wildman–Crippen LogP) is 1.74. The van der Waals surface area contributed by atoms with Gasteiger partial charge in [0.05, 0.1) is 19.4 Å². The zero-order chi connectivity index (χ0) is 24.8.